The Morgan fingerprint density at radius 2 is 1.74 bits per heavy atom. The smallest absolute Gasteiger partial charge is 0.293 e. The predicted octanol–water partition coefficient (Wildman–Crippen LogP) is 6.42. The van der Waals surface area contributed by atoms with Gasteiger partial charge < -0.3 is 4.74 Å². The van der Waals surface area contributed by atoms with Gasteiger partial charge in [0.1, 0.15) is 12.4 Å². The van der Waals surface area contributed by atoms with Gasteiger partial charge in [0.25, 0.3) is 11.1 Å². The number of nitrogens with zero attached hydrogens (tertiary/aromatic N) is 1. The number of imide groups is 1. The molecular formula is C25H20INO3S. The highest BCUT2D eigenvalue weighted by Crippen LogP contribution is 2.35. The zero-order valence-electron chi connectivity index (χ0n) is 16.9. The highest BCUT2D eigenvalue weighted by molar-refractivity contribution is 14.1. The molecule has 0 radical (unpaired) electrons. The van der Waals surface area contributed by atoms with Gasteiger partial charge in [0.2, 0.25) is 0 Å². The Hall–Kier alpha value is -2.58. The molecule has 2 amide bonds. The molecule has 4 nitrogen and oxygen atoms in total. The molecule has 1 heterocycles. The lowest BCUT2D eigenvalue weighted by molar-refractivity contribution is -0.123. The number of hydrogen-bond acceptors (Lipinski definition) is 4. The SMILES string of the molecule is Cc1cccc(COc2ccccc2/C=C2/SC(=O)N(Cc3ccc(I)cc3)C2=O)c1. The fraction of sp³-hybridized carbons (Fsp3) is 0.120. The van der Waals surface area contributed by atoms with E-state index in [2.05, 4.69) is 28.7 Å². The summed E-state index contributed by atoms with van der Waals surface area (Å²) in [6.07, 6.45) is 1.74. The lowest BCUT2D eigenvalue weighted by Gasteiger charge is -2.12. The molecule has 0 aliphatic carbocycles. The number of benzene rings is 3. The van der Waals surface area contributed by atoms with Crippen molar-refractivity contribution >= 4 is 51.6 Å². The van der Waals surface area contributed by atoms with Gasteiger partial charge in [0.15, 0.2) is 0 Å². The summed E-state index contributed by atoms with van der Waals surface area (Å²) in [4.78, 5) is 27.1. The zero-order valence-corrected chi connectivity index (χ0v) is 19.9. The largest absolute Gasteiger partial charge is 0.488 e. The summed E-state index contributed by atoms with van der Waals surface area (Å²) in [6, 6.07) is 23.5. The number of aryl methyl sites for hydroxylation is 1. The number of amides is 2. The lowest BCUT2D eigenvalue weighted by Crippen LogP contribution is -2.27. The van der Waals surface area contributed by atoms with Gasteiger partial charge in [0.05, 0.1) is 11.4 Å². The highest BCUT2D eigenvalue weighted by atomic mass is 127. The molecule has 4 rings (SSSR count). The number of carbonyl (C=O) groups excluding carboxylic acids is 2. The van der Waals surface area contributed by atoms with Crippen LogP contribution in [0.5, 0.6) is 5.75 Å². The molecule has 1 saturated heterocycles. The zero-order chi connectivity index (χ0) is 21.8. The Bertz CT molecular complexity index is 1160. The van der Waals surface area contributed by atoms with E-state index in [1.54, 1.807) is 6.08 Å². The molecule has 6 heteroatoms. The first-order valence-electron chi connectivity index (χ1n) is 9.77. The van der Waals surface area contributed by atoms with Crippen molar-refractivity contribution in [2.45, 2.75) is 20.1 Å². The van der Waals surface area contributed by atoms with Gasteiger partial charge in [-0.3, -0.25) is 14.5 Å². The van der Waals surface area contributed by atoms with Crippen LogP contribution < -0.4 is 4.74 Å². The second-order valence-corrected chi connectivity index (χ2v) is 9.45. The highest BCUT2D eigenvalue weighted by Gasteiger charge is 2.35. The fourth-order valence-corrected chi connectivity index (χ4v) is 4.43. The molecule has 0 atom stereocenters. The van der Waals surface area contributed by atoms with Gasteiger partial charge in [-0.15, -0.1) is 0 Å². The maximum atomic E-state index is 12.9. The van der Waals surface area contributed by atoms with Gasteiger partial charge in [0, 0.05) is 9.13 Å². The third-order valence-electron chi connectivity index (χ3n) is 4.81. The minimum absolute atomic E-state index is 0.257. The van der Waals surface area contributed by atoms with Crippen molar-refractivity contribution in [3.63, 3.8) is 0 Å². The molecule has 156 valence electrons. The van der Waals surface area contributed by atoms with Crippen LogP contribution in [0.25, 0.3) is 6.08 Å². The molecule has 0 bridgehead atoms. The second kappa shape index (κ2) is 9.70. The molecule has 0 N–H and O–H groups in total. The first-order chi connectivity index (χ1) is 15.0. The second-order valence-electron chi connectivity index (χ2n) is 7.21. The average Bonchev–Trinajstić information content (AvgIpc) is 3.02. The Labute approximate surface area is 199 Å². The summed E-state index contributed by atoms with van der Waals surface area (Å²) in [6.45, 7) is 2.75. The van der Waals surface area contributed by atoms with Crippen LogP contribution in [0, 0.1) is 10.5 Å². The van der Waals surface area contributed by atoms with E-state index in [1.807, 2.05) is 73.7 Å². The molecule has 0 spiro atoms. The van der Waals surface area contributed by atoms with Crippen molar-refractivity contribution in [1.82, 2.24) is 4.90 Å². The monoisotopic (exact) mass is 541 g/mol. The Balaban J connectivity index is 1.51. The van der Waals surface area contributed by atoms with Crippen molar-refractivity contribution in [2.24, 2.45) is 0 Å². The third-order valence-corrected chi connectivity index (χ3v) is 6.44. The van der Waals surface area contributed by atoms with E-state index in [0.29, 0.717) is 17.3 Å². The molecular weight excluding hydrogens is 521 g/mol. The summed E-state index contributed by atoms with van der Waals surface area (Å²) >= 11 is 3.19. The van der Waals surface area contributed by atoms with Crippen LogP contribution in [0.2, 0.25) is 0 Å². The van der Waals surface area contributed by atoms with Gasteiger partial charge in [-0.1, -0.05) is 60.2 Å². The summed E-state index contributed by atoms with van der Waals surface area (Å²) in [7, 11) is 0. The maximum Gasteiger partial charge on any atom is 0.293 e. The van der Waals surface area contributed by atoms with E-state index < -0.39 is 0 Å². The van der Waals surface area contributed by atoms with E-state index in [0.717, 1.165) is 32.0 Å². The lowest BCUT2D eigenvalue weighted by atomic mass is 10.1. The molecule has 0 saturated carbocycles. The molecule has 31 heavy (non-hydrogen) atoms. The molecule has 3 aromatic carbocycles. The number of rotatable bonds is 6. The van der Waals surface area contributed by atoms with Crippen molar-refractivity contribution in [1.29, 1.82) is 0 Å². The Morgan fingerprint density at radius 3 is 2.52 bits per heavy atom. The van der Waals surface area contributed by atoms with Crippen LogP contribution >= 0.6 is 34.4 Å². The summed E-state index contributed by atoms with van der Waals surface area (Å²) in [5.41, 5.74) is 3.95. The van der Waals surface area contributed by atoms with Gasteiger partial charge in [-0.2, -0.15) is 0 Å². The summed E-state index contributed by atoms with van der Waals surface area (Å²) in [5.74, 6) is 0.399. The van der Waals surface area contributed by atoms with Crippen LogP contribution in [0.15, 0.2) is 77.7 Å². The average molecular weight is 541 g/mol. The molecule has 1 fully saturated rings. The summed E-state index contributed by atoms with van der Waals surface area (Å²) in [5, 5.41) is -0.257. The quantitative estimate of drug-likeness (QED) is 0.267. The van der Waals surface area contributed by atoms with Crippen molar-refractivity contribution in [3.05, 3.63) is 104 Å². The normalized spacial score (nSPS) is 15.0. The van der Waals surface area contributed by atoms with Gasteiger partial charge in [-0.25, -0.2) is 0 Å². The van der Waals surface area contributed by atoms with E-state index >= 15 is 0 Å². The van der Waals surface area contributed by atoms with Crippen LogP contribution in [-0.4, -0.2) is 16.0 Å². The number of halogens is 1. The van der Waals surface area contributed by atoms with Crippen molar-refractivity contribution < 1.29 is 14.3 Å². The topological polar surface area (TPSA) is 46.6 Å². The summed E-state index contributed by atoms with van der Waals surface area (Å²) < 4.78 is 7.13. The molecule has 0 unspecified atom stereocenters. The molecule has 1 aliphatic heterocycles. The Morgan fingerprint density at radius 1 is 0.968 bits per heavy atom. The number of para-hydroxylation sites is 1. The number of thioether (sulfide) groups is 1. The molecule has 0 aromatic heterocycles. The minimum atomic E-state index is -0.276. The van der Waals surface area contributed by atoms with Gasteiger partial charge in [-0.05, 0) is 76.7 Å². The van der Waals surface area contributed by atoms with E-state index in [4.69, 9.17) is 4.74 Å². The molecule has 1 aliphatic rings. The standard InChI is InChI=1S/C25H20INO3S/c1-17-5-4-6-19(13-17)16-30-22-8-3-2-7-20(22)14-23-24(28)27(25(29)31-23)15-18-9-11-21(26)12-10-18/h2-14H,15-16H2,1H3/b23-14+. The molecule has 3 aromatic rings. The first kappa shape index (κ1) is 21.6. The van der Waals surface area contributed by atoms with Crippen molar-refractivity contribution in [2.75, 3.05) is 0 Å². The van der Waals surface area contributed by atoms with Crippen molar-refractivity contribution in [3.8, 4) is 5.75 Å². The predicted molar refractivity (Wildman–Crippen MR) is 133 cm³/mol. The third kappa shape index (κ3) is 5.37. The van der Waals surface area contributed by atoms with Crippen LogP contribution in [-0.2, 0) is 17.9 Å². The van der Waals surface area contributed by atoms with E-state index in [1.165, 1.54) is 10.5 Å². The Kier molecular flexibility index (Phi) is 6.77. The number of carbonyl (C=O) groups is 2. The first-order valence-corrected chi connectivity index (χ1v) is 11.7. The van der Waals surface area contributed by atoms with E-state index in [-0.39, 0.29) is 17.7 Å². The van der Waals surface area contributed by atoms with Crippen LogP contribution in [0.4, 0.5) is 4.79 Å². The van der Waals surface area contributed by atoms with Crippen LogP contribution in [0.1, 0.15) is 22.3 Å². The number of hydrogen-bond donors (Lipinski definition) is 0. The van der Waals surface area contributed by atoms with E-state index in [9.17, 15) is 9.59 Å². The number of ether oxygens (including phenoxy) is 1. The minimum Gasteiger partial charge on any atom is -0.488 e. The maximum absolute atomic E-state index is 12.9. The fourth-order valence-electron chi connectivity index (χ4n) is 3.24. The van der Waals surface area contributed by atoms with Crippen LogP contribution in [0.3, 0.4) is 0 Å². The van der Waals surface area contributed by atoms with Gasteiger partial charge >= 0.3 is 0 Å².